The highest BCUT2D eigenvalue weighted by atomic mass is 19.1. The van der Waals surface area contributed by atoms with Crippen molar-refractivity contribution in [3.05, 3.63) is 91.9 Å². The first-order chi connectivity index (χ1) is 25.8. The Labute approximate surface area is 321 Å². The lowest BCUT2D eigenvalue weighted by Crippen LogP contribution is -2.54. The van der Waals surface area contributed by atoms with Gasteiger partial charge in [-0.25, -0.2) is 0 Å². The average molecular weight is 742 g/mol. The molecule has 9 nitrogen and oxygen atoms in total. The number of fused-ring (bicyclic) bond motifs is 1. The molecule has 10 heteroatoms. The largest absolute Gasteiger partial charge is 0.496 e. The molecule has 292 valence electrons. The van der Waals surface area contributed by atoms with Crippen LogP contribution in [0.15, 0.2) is 53.0 Å². The number of allylic oxidation sites excluding steroid dienone is 2. The molecule has 54 heavy (non-hydrogen) atoms. The van der Waals surface area contributed by atoms with E-state index in [1.165, 1.54) is 36.5 Å². The van der Waals surface area contributed by atoms with E-state index in [0.717, 1.165) is 91.6 Å². The number of aromatic nitrogens is 1. The van der Waals surface area contributed by atoms with E-state index in [9.17, 15) is 14.0 Å². The molecule has 3 aromatic rings. The summed E-state index contributed by atoms with van der Waals surface area (Å²) in [5.41, 5.74) is 8.99. The molecule has 3 heterocycles. The number of benzene rings is 2. The summed E-state index contributed by atoms with van der Waals surface area (Å²) in [7, 11) is 5.27. The lowest BCUT2D eigenvalue weighted by atomic mass is 9.93. The van der Waals surface area contributed by atoms with Crippen LogP contribution < -0.4 is 20.3 Å². The Kier molecular flexibility index (Phi) is 14.8. The molecule has 2 aromatic carbocycles. The number of nitrogens with zero attached hydrogens (tertiary/aromatic N) is 4. The van der Waals surface area contributed by atoms with Crippen LogP contribution in [0.1, 0.15) is 80.3 Å². The molecule has 0 unspecified atom stereocenters. The minimum atomic E-state index is -0.716. The number of nitrogens with one attached hydrogen (secondary N) is 1. The minimum Gasteiger partial charge on any atom is -0.496 e. The Morgan fingerprint density at radius 3 is 2.31 bits per heavy atom. The number of nitriles is 1. The maximum Gasteiger partial charge on any atom is 0.253 e. The maximum atomic E-state index is 12.4. The summed E-state index contributed by atoms with van der Waals surface area (Å²) in [6, 6.07) is 12.7. The third-order valence-electron chi connectivity index (χ3n) is 10.7. The normalized spacial score (nSPS) is 16.6. The molecule has 1 aliphatic carbocycles. The topological polar surface area (TPSA) is 99.8 Å². The van der Waals surface area contributed by atoms with Crippen molar-refractivity contribution in [3.8, 4) is 28.7 Å². The number of halogens is 1. The summed E-state index contributed by atoms with van der Waals surface area (Å²) in [5.74, 6) is 1.66. The number of hydrogen-bond donors (Lipinski definition) is 1. The van der Waals surface area contributed by atoms with Crippen LogP contribution in [0.3, 0.4) is 0 Å². The average Bonchev–Trinajstić information content (AvgIpc) is 3.95. The monoisotopic (exact) mass is 741 g/mol. The van der Waals surface area contributed by atoms with Gasteiger partial charge in [-0.1, -0.05) is 58.4 Å². The van der Waals surface area contributed by atoms with Crippen LogP contribution in [-0.4, -0.2) is 73.3 Å². The Morgan fingerprint density at radius 1 is 1.07 bits per heavy atom. The van der Waals surface area contributed by atoms with Gasteiger partial charge in [0, 0.05) is 74.6 Å². The third kappa shape index (κ3) is 10.1. The number of pyridine rings is 1. The summed E-state index contributed by atoms with van der Waals surface area (Å²) in [6.45, 7) is 17.9. The zero-order valence-corrected chi connectivity index (χ0v) is 33.9. The van der Waals surface area contributed by atoms with Gasteiger partial charge in [-0.3, -0.25) is 23.8 Å². The summed E-state index contributed by atoms with van der Waals surface area (Å²) in [5, 5.41) is 11.8. The second-order valence-electron chi connectivity index (χ2n) is 15.6. The quantitative estimate of drug-likeness (QED) is 0.132. The van der Waals surface area contributed by atoms with Gasteiger partial charge in [0.25, 0.3) is 5.56 Å². The molecule has 2 fully saturated rings. The fourth-order valence-electron chi connectivity index (χ4n) is 7.40. The molecule has 1 saturated carbocycles. The summed E-state index contributed by atoms with van der Waals surface area (Å²) in [4.78, 5) is 27.9. The molecule has 1 saturated heterocycles. The van der Waals surface area contributed by atoms with Crippen molar-refractivity contribution < 1.29 is 18.7 Å². The van der Waals surface area contributed by atoms with Gasteiger partial charge in [-0.15, -0.1) is 0 Å². The number of carbonyl (C=O) groups excluding carboxylic acids is 1. The standard InChI is InChI=1S/C33H42N4O3.C8H10FNO.C3H8/c1-22-23(2)32(38)35(3)19-28(22)26-15-30(39-4)29(31(16-26)40-5)20-36-13-14-37(33(21-36)10-11-33)18-25-8-6-7-24-17-34-12-9-27(24)25;1-8(2,6-9)3-7(4-10)5-11;1-3-2/h6-8,15-16,19,34H,9-14,17-18,20-21H2,1-5H3;3,5H,6H2,1-2H3;3H2,1-2H3/b;7-3+;. The van der Waals surface area contributed by atoms with Crippen LogP contribution in [0.5, 0.6) is 11.5 Å². The molecule has 1 N–H and O–H groups in total. The van der Waals surface area contributed by atoms with Crippen LogP contribution in [0, 0.1) is 30.6 Å². The number of aryl methyl sites for hydroxylation is 1. The fourth-order valence-corrected chi connectivity index (χ4v) is 7.40. The van der Waals surface area contributed by atoms with Gasteiger partial charge in [0.2, 0.25) is 0 Å². The Morgan fingerprint density at radius 2 is 1.74 bits per heavy atom. The number of piperazine rings is 1. The van der Waals surface area contributed by atoms with Crippen molar-refractivity contribution in [2.45, 2.75) is 92.4 Å². The lowest BCUT2D eigenvalue weighted by Gasteiger charge is -2.43. The van der Waals surface area contributed by atoms with Crippen LogP contribution in [0.4, 0.5) is 4.39 Å². The van der Waals surface area contributed by atoms with Gasteiger partial charge < -0.3 is 19.4 Å². The van der Waals surface area contributed by atoms with E-state index in [0.29, 0.717) is 6.29 Å². The Balaban J connectivity index is 0.000000397. The number of hydrogen-bond acceptors (Lipinski definition) is 8. The Hall–Kier alpha value is -4.30. The van der Waals surface area contributed by atoms with E-state index in [-0.39, 0.29) is 16.7 Å². The number of methoxy groups -OCH3 is 2. The SMILES string of the molecule is CC(C)(/C=C(\C#N)C=O)CF.CCC.COc1cc(-c2cn(C)c(=O)c(C)c2C)cc(OC)c1CN1CCN(Cc2cccc3c2CCNC3)C2(CC2)C1. The molecule has 0 bridgehead atoms. The molecule has 2 aliphatic heterocycles. The van der Waals surface area contributed by atoms with Gasteiger partial charge in [0.15, 0.2) is 6.29 Å². The molecule has 1 aromatic heterocycles. The van der Waals surface area contributed by atoms with E-state index in [1.54, 1.807) is 51.3 Å². The molecule has 0 amide bonds. The van der Waals surface area contributed by atoms with E-state index in [1.807, 2.05) is 20.0 Å². The Bertz CT molecular complexity index is 1880. The van der Waals surface area contributed by atoms with Crippen molar-refractivity contribution in [3.63, 3.8) is 0 Å². The molecule has 0 radical (unpaired) electrons. The number of rotatable bonds is 10. The fraction of sp³-hybridized carbons (Fsp3) is 0.523. The van der Waals surface area contributed by atoms with Crippen molar-refractivity contribution >= 4 is 6.29 Å². The first-order valence-electron chi connectivity index (χ1n) is 19.1. The molecule has 1 spiro atoms. The summed E-state index contributed by atoms with van der Waals surface area (Å²) < 4.78 is 25.7. The van der Waals surface area contributed by atoms with Crippen molar-refractivity contribution in [1.82, 2.24) is 19.7 Å². The van der Waals surface area contributed by atoms with Crippen molar-refractivity contribution in [1.29, 1.82) is 5.26 Å². The third-order valence-corrected chi connectivity index (χ3v) is 10.7. The van der Waals surface area contributed by atoms with Crippen LogP contribution in [-0.2, 0) is 37.9 Å². The lowest BCUT2D eigenvalue weighted by molar-refractivity contribution is -0.104. The van der Waals surface area contributed by atoms with Crippen LogP contribution in [0.25, 0.3) is 11.1 Å². The smallest absolute Gasteiger partial charge is 0.253 e. The molecule has 0 atom stereocenters. The van der Waals surface area contributed by atoms with Crippen LogP contribution >= 0.6 is 0 Å². The summed E-state index contributed by atoms with van der Waals surface area (Å²) >= 11 is 0. The molecule has 3 aliphatic rings. The zero-order chi connectivity index (χ0) is 39.6. The van der Waals surface area contributed by atoms with Gasteiger partial charge in [0.05, 0.1) is 32.0 Å². The van der Waals surface area contributed by atoms with E-state index in [4.69, 9.17) is 14.7 Å². The van der Waals surface area contributed by atoms with Gasteiger partial charge in [-0.05, 0) is 79.6 Å². The highest BCUT2D eigenvalue weighted by Gasteiger charge is 2.51. The van der Waals surface area contributed by atoms with Gasteiger partial charge in [-0.2, -0.15) is 5.26 Å². The second-order valence-corrected chi connectivity index (χ2v) is 15.6. The van der Waals surface area contributed by atoms with Crippen molar-refractivity contribution in [2.24, 2.45) is 12.5 Å². The second kappa shape index (κ2) is 18.8. The highest BCUT2D eigenvalue weighted by molar-refractivity contribution is 5.79. The predicted molar refractivity (Wildman–Crippen MR) is 215 cm³/mol. The van der Waals surface area contributed by atoms with Crippen LogP contribution in [0.2, 0.25) is 0 Å². The first kappa shape index (κ1) is 42.4. The van der Waals surface area contributed by atoms with E-state index in [2.05, 4.69) is 59.3 Å². The minimum absolute atomic E-state index is 0.0207. The van der Waals surface area contributed by atoms with Gasteiger partial charge in [0.1, 0.15) is 17.6 Å². The van der Waals surface area contributed by atoms with Crippen molar-refractivity contribution in [2.75, 3.05) is 47.1 Å². The van der Waals surface area contributed by atoms with E-state index >= 15 is 0 Å². The molecule has 6 rings (SSSR count). The number of alkyl halides is 1. The molecular formula is C44H60FN5O4. The number of carbonyl (C=O) groups is 1. The first-order valence-corrected chi connectivity index (χ1v) is 19.1. The maximum absolute atomic E-state index is 12.4. The predicted octanol–water partition coefficient (Wildman–Crippen LogP) is 7.23. The molecular weight excluding hydrogens is 682 g/mol. The highest BCUT2D eigenvalue weighted by Crippen LogP contribution is 2.46. The van der Waals surface area contributed by atoms with Gasteiger partial charge >= 0.3 is 0 Å². The number of ether oxygens (including phenoxy) is 2. The summed E-state index contributed by atoms with van der Waals surface area (Å²) in [6.07, 6.45) is 8.58. The number of aldehydes is 1. The zero-order valence-electron chi connectivity index (χ0n) is 33.9. The van der Waals surface area contributed by atoms with E-state index < -0.39 is 12.1 Å².